The van der Waals surface area contributed by atoms with Crippen LogP contribution < -0.4 is 5.30 Å². The van der Waals surface area contributed by atoms with Crippen LogP contribution in [0.3, 0.4) is 0 Å². The molecule has 0 bridgehead atoms. The molecule has 1 aromatic carbocycles. The zero-order valence-corrected chi connectivity index (χ0v) is 15.0. The molecule has 96 valence electrons. The Morgan fingerprint density at radius 1 is 1.18 bits per heavy atom. The van der Waals surface area contributed by atoms with Crippen LogP contribution in [0.25, 0.3) is 0 Å². The SMILES string of the molecule is C[PH+](C)c1cccc(C(C)(C)C)c1O.[Cl][Ti][Cl]. The molecule has 0 aliphatic carbocycles. The van der Waals surface area contributed by atoms with Crippen LogP contribution in [0.1, 0.15) is 26.3 Å². The summed E-state index contributed by atoms with van der Waals surface area (Å²) in [5.74, 6) is 0.513. The Balaban J connectivity index is 0.000000770. The summed E-state index contributed by atoms with van der Waals surface area (Å²) >= 11 is -0.556. The van der Waals surface area contributed by atoms with Gasteiger partial charge in [-0.25, -0.2) is 0 Å². The molecular formula is C12H20Cl2OPTi+. The van der Waals surface area contributed by atoms with Gasteiger partial charge in [0, 0.05) is 13.5 Å². The Kier molecular flexibility index (Phi) is 8.37. The summed E-state index contributed by atoms with van der Waals surface area (Å²) in [7, 11) is 9.20. The molecular weight excluding hydrogens is 310 g/mol. The number of halogens is 2. The number of phenols is 1. The minimum atomic E-state index is -0.574. The van der Waals surface area contributed by atoms with E-state index < -0.39 is 25.0 Å². The maximum absolute atomic E-state index is 10.1. The fourth-order valence-corrected chi connectivity index (χ4v) is 2.59. The Morgan fingerprint density at radius 3 is 2.00 bits per heavy atom. The molecule has 17 heavy (non-hydrogen) atoms. The molecule has 1 rings (SSSR count). The number of phenolic OH excluding ortho intramolecular Hbond substituents is 1. The molecule has 1 N–H and O–H groups in total. The molecule has 0 aliphatic rings. The minimum absolute atomic E-state index is 0.0252. The van der Waals surface area contributed by atoms with Gasteiger partial charge in [-0.1, -0.05) is 32.9 Å². The van der Waals surface area contributed by atoms with Crippen molar-refractivity contribution in [3.8, 4) is 5.75 Å². The van der Waals surface area contributed by atoms with E-state index in [2.05, 4.69) is 34.1 Å². The summed E-state index contributed by atoms with van der Waals surface area (Å²) in [5.41, 5.74) is 1.08. The van der Waals surface area contributed by atoms with E-state index in [1.165, 1.54) is 0 Å². The Hall–Kier alpha value is 0.744. The Labute approximate surface area is 122 Å². The Morgan fingerprint density at radius 2 is 1.65 bits per heavy atom. The molecule has 0 aliphatic heterocycles. The maximum atomic E-state index is 10.1. The molecule has 0 unspecified atom stereocenters. The summed E-state index contributed by atoms with van der Waals surface area (Å²) < 4.78 is 0. The molecule has 1 aromatic rings. The van der Waals surface area contributed by atoms with Gasteiger partial charge in [-0.2, -0.15) is 0 Å². The van der Waals surface area contributed by atoms with Crippen LogP contribution in [-0.4, -0.2) is 18.4 Å². The number of aromatic hydroxyl groups is 1. The third-order valence-electron chi connectivity index (χ3n) is 2.38. The normalized spacial score (nSPS) is 10.8. The van der Waals surface area contributed by atoms with Gasteiger partial charge >= 0.3 is 35.6 Å². The predicted octanol–water partition coefficient (Wildman–Crippen LogP) is 4.17. The third kappa shape index (κ3) is 5.95. The van der Waals surface area contributed by atoms with Crippen LogP contribution in [0.5, 0.6) is 5.75 Å². The van der Waals surface area contributed by atoms with Gasteiger partial charge in [0.1, 0.15) is 5.30 Å². The fraction of sp³-hybridized carbons (Fsp3) is 0.500. The first kappa shape index (κ1) is 17.7. The second-order valence-electron chi connectivity index (χ2n) is 5.02. The van der Waals surface area contributed by atoms with Gasteiger partial charge in [-0.05, 0) is 11.5 Å². The van der Waals surface area contributed by atoms with Crippen molar-refractivity contribution in [2.45, 2.75) is 26.2 Å². The third-order valence-corrected chi connectivity index (χ3v) is 3.86. The van der Waals surface area contributed by atoms with Crippen LogP contribution in [-0.2, 0) is 22.4 Å². The molecule has 0 amide bonds. The first-order valence-electron chi connectivity index (χ1n) is 5.35. The first-order valence-corrected chi connectivity index (χ1v) is 12.1. The summed E-state index contributed by atoms with van der Waals surface area (Å²) in [6.45, 7) is 10.8. The van der Waals surface area contributed by atoms with Crippen molar-refractivity contribution in [3.63, 3.8) is 0 Å². The molecule has 5 heteroatoms. The molecule has 0 atom stereocenters. The molecule has 0 spiro atoms. The predicted molar refractivity (Wildman–Crippen MR) is 78.3 cm³/mol. The van der Waals surface area contributed by atoms with Gasteiger partial charge < -0.3 is 5.11 Å². The monoisotopic (exact) mass is 329 g/mol. The van der Waals surface area contributed by atoms with E-state index >= 15 is 0 Å². The van der Waals surface area contributed by atoms with E-state index in [1.54, 1.807) is 0 Å². The standard InChI is InChI=1S/C12H19OP.2ClH.Ti/c1-12(2,3)9-7-6-8-10(11(9)13)14(4)5;;;/h6-8,13H,1-5H3;2*1H;/q;;;+2/p-1. The topological polar surface area (TPSA) is 20.2 Å². The van der Waals surface area contributed by atoms with E-state index in [1.807, 2.05) is 18.2 Å². The van der Waals surface area contributed by atoms with E-state index in [4.69, 9.17) is 18.6 Å². The molecule has 0 aromatic heterocycles. The van der Waals surface area contributed by atoms with Crippen molar-refractivity contribution in [2.75, 3.05) is 13.3 Å². The van der Waals surface area contributed by atoms with E-state index in [-0.39, 0.29) is 5.41 Å². The number of hydrogen-bond acceptors (Lipinski definition) is 1. The van der Waals surface area contributed by atoms with Gasteiger partial charge in [-0.15, -0.1) is 0 Å². The molecule has 1 nitrogen and oxygen atoms in total. The van der Waals surface area contributed by atoms with Crippen LogP contribution in [0.2, 0.25) is 0 Å². The zero-order chi connectivity index (χ0) is 13.6. The average Bonchev–Trinajstić information content (AvgIpc) is 2.16. The molecule has 0 radical (unpaired) electrons. The first-order chi connectivity index (χ1) is 7.75. The quantitative estimate of drug-likeness (QED) is 0.605. The zero-order valence-electron chi connectivity index (χ0n) is 10.9. The summed E-state index contributed by atoms with van der Waals surface area (Å²) in [6, 6.07) is 6.11. The average molecular weight is 330 g/mol. The van der Waals surface area contributed by atoms with Crippen LogP contribution in [0.4, 0.5) is 0 Å². The van der Waals surface area contributed by atoms with Gasteiger partial charge in [0.2, 0.25) is 0 Å². The second kappa shape index (κ2) is 8.02. The Bertz CT molecular complexity index is 351. The van der Waals surface area contributed by atoms with E-state index in [0.717, 1.165) is 10.9 Å². The summed E-state index contributed by atoms with van der Waals surface area (Å²) in [6.07, 6.45) is 0. The van der Waals surface area contributed by atoms with Crippen molar-refractivity contribution in [3.05, 3.63) is 23.8 Å². The van der Waals surface area contributed by atoms with Gasteiger partial charge in [0.25, 0.3) is 0 Å². The van der Waals surface area contributed by atoms with E-state index in [9.17, 15) is 5.11 Å². The number of hydrogen-bond donors (Lipinski definition) is 1. The molecule has 0 fully saturated rings. The van der Waals surface area contributed by atoms with Crippen molar-refractivity contribution < 1.29 is 22.1 Å². The van der Waals surface area contributed by atoms with Crippen LogP contribution in [0.15, 0.2) is 18.2 Å². The van der Waals surface area contributed by atoms with Crippen molar-refractivity contribution >= 4 is 31.8 Å². The van der Waals surface area contributed by atoms with Gasteiger partial charge in [0.15, 0.2) is 5.75 Å². The molecule has 0 heterocycles. The van der Waals surface area contributed by atoms with E-state index in [0.29, 0.717) is 5.75 Å². The van der Waals surface area contributed by atoms with Crippen LogP contribution >= 0.6 is 26.5 Å². The van der Waals surface area contributed by atoms with Crippen molar-refractivity contribution in [1.82, 2.24) is 0 Å². The molecule has 0 saturated heterocycles. The van der Waals surface area contributed by atoms with Crippen molar-refractivity contribution in [1.29, 1.82) is 0 Å². The fourth-order valence-electron chi connectivity index (χ4n) is 1.55. The summed E-state index contributed by atoms with van der Waals surface area (Å²) in [4.78, 5) is 0. The molecule has 0 saturated carbocycles. The van der Waals surface area contributed by atoms with Gasteiger partial charge in [0.05, 0.1) is 13.3 Å². The number of rotatable bonds is 1. The number of para-hydroxylation sites is 1. The van der Waals surface area contributed by atoms with Crippen LogP contribution in [0, 0.1) is 0 Å². The van der Waals surface area contributed by atoms with Gasteiger partial charge in [-0.3, -0.25) is 0 Å². The second-order valence-corrected chi connectivity index (χ2v) is 10.1. The summed E-state index contributed by atoms with van der Waals surface area (Å²) in [5, 5.41) is 11.3. The number of benzene rings is 1. The van der Waals surface area contributed by atoms with Crippen molar-refractivity contribution in [2.24, 2.45) is 0 Å².